The van der Waals surface area contributed by atoms with E-state index in [-0.39, 0.29) is 0 Å². The summed E-state index contributed by atoms with van der Waals surface area (Å²) < 4.78 is 0. The van der Waals surface area contributed by atoms with Crippen LogP contribution in [-0.4, -0.2) is 16.7 Å². The average Bonchev–Trinajstić information content (AvgIpc) is 2.09. The van der Waals surface area contributed by atoms with Gasteiger partial charge in [-0.3, -0.25) is 4.98 Å². The number of rotatable bonds is 4. The molecule has 0 fully saturated rings. The highest BCUT2D eigenvalue weighted by Gasteiger charge is 1.96. The molecule has 0 spiro atoms. The van der Waals surface area contributed by atoms with Gasteiger partial charge in [-0.2, -0.15) is 0 Å². The lowest BCUT2D eigenvalue weighted by Gasteiger charge is -2.02. The molecule has 1 heterocycles. The Morgan fingerprint density at radius 3 is 2.92 bits per heavy atom. The second kappa shape index (κ2) is 4.88. The molecule has 1 aromatic rings. The zero-order valence-corrected chi connectivity index (χ0v) is 7.45. The van der Waals surface area contributed by atoms with Crippen molar-refractivity contribution >= 4 is 0 Å². The second-order valence-electron chi connectivity index (χ2n) is 2.93. The summed E-state index contributed by atoms with van der Waals surface area (Å²) >= 11 is 0. The lowest BCUT2D eigenvalue weighted by molar-refractivity contribution is 0.284. The van der Waals surface area contributed by atoms with E-state index in [4.69, 9.17) is 5.11 Å². The third kappa shape index (κ3) is 2.62. The molecule has 66 valence electrons. The molecule has 0 aliphatic carbocycles. The molecule has 2 nitrogen and oxygen atoms in total. The standard InChI is InChI=1S/C10H15NO/c1-9-10(5-2-3-8-12)6-4-7-11-9/h4,6-7,12H,2-3,5,8H2,1H3. The number of aliphatic hydroxyl groups excluding tert-OH is 1. The molecule has 0 radical (unpaired) electrons. The van der Waals surface area contributed by atoms with Gasteiger partial charge < -0.3 is 5.11 Å². The van der Waals surface area contributed by atoms with E-state index in [2.05, 4.69) is 11.1 Å². The molecule has 0 saturated heterocycles. The molecule has 0 aromatic carbocycles. The van der Waals surface area contributed by atoms with Crippen LogP contribution in [-0.2, 0) is 6.42 Å². The molecule has 0 bridgehead atoms. The highest BCUT2D eigenvalue weighted by Crippen LogP contribution is 2.07. The Hall–Kier alpha value is -0.890. The number of pyridine rings is 1. The Balaban J connectivity index is 2.46. The molecule has 0 aliphatic rings. The van der Waals surface area contributed by atoms with E-state index in [9.17, 15) is 0 Å². The highest BCUT2D eigenvalue weighted by atomic mass is 16.2. The van der Waals surface area contributed by atoms with Gasteiger partial charge >= 0.3 is 0 Å². The first kappa shape index (κ1) is 9.20. The Bertz CT molecular complexity index is 235. The van der Waals surface area contributed by atoms with Crippen LogP contribution in [0.1, 0.15) is 24.1 Å². The van der Waals surface area contributed by atoms with Gasteiger partial charge in [0, 0.05) is 18.5 Å². The number of hydrogen-bond acceptors (Lipinski definition) is 2. The van der Waals surface area contributed by atoms with Gasteiger partial charge in [0.15, 0.2) is 0 Å². The minimum atomic E-state index is 0.291. The molecule has 2 heteroatoms. The summed E-state index contributed by atoms with van der Waals surface area (Å²) in [6.07, 6.45) is 4.77. The van der Waals surface area contributed by atoms with Crippen LogP contribution >= 0.6 is 0 Å². The normalized spacial score (nSPS) is 10.2. The van der Waals surface area contributed by atoms with Crippen LogP contribution in [0.4, 0.5) is 0 Å². The van der Waals surface area contributed by atoms with E-state index in [0.717, 1.165) is 25.0 Å². The number of aryl methyl sites for hydroxylation is 2. The predicted molar refractivity (Wildman–Crippen MR) is 49.0 cm³/mol. The topological polar surface area (TPSA) is 33.1 Å². The van der Waals surface area contributed by atoms with E-state index in [1.807, 2.05) is 19.2 Å². The largest absolute Gasteiger partial charge is 0.396 e. The van der Waals surface area contributed by atoms with Crippen molar-refractivity contribution < 1.29 is 5.11 Å². The maximum atomic E-state index is 8.60. The SMILES string of the molecule is Cc1ncccc1CCCCO. The van der Waals surface area contributed by atoms with Gasteiger partial charge in [-0.05, 0) is 37.8 Å². The summed E-state index contributed by atoms with van der Waals surface area (Å²) in [6.45, 7) is 2.31. The zero-order valence-electron chi connectivity index (χ0n) is 7.45. The maximum absolute atomic E-state index is 8.60. The zero-order chi connectivity index (χ0) is 8.81. The quantitative estimate of drug-likeness (QED) is 0.689. The molecule has 1 aromatic heterocycles. The van der Waals surface area contributed by atoms with Crippen molar-refractivity contribution in [3.8, 4) is 0 Å². The molecule has 1 N–H and O–H groups in total. The monoisotopic (exact) mass is 165 g/mol. The molecular weight excluding hydrogens is 150 g/mol. The average molecular weight is 165 g/mol. The third-order valence-corrected chi connectivity index (χ3v) is 1.97. The van der Waals surface area contributed by atoms with Gasteiger partial charge in [0.2, 0.25) is 0 Å². The first-order chi connectivity index (χ1) is 5.84. The number of aromatic nitrogens is 1. The Morgan fingerprint density at radius 1 is 1.42 bits per heavy atom. The molecule has 0 amide bonds. The van der Waals surface area contributed by atoms with Crippen LogP contribution in [0.3, 0.4) is 0 Å². The first-order valence-electron chi connectivity index (χ1n) is 4.36. The van der Waals surface area contributed by atoms with Gasteiger partial charge in [-0.25, -0.2) is 0 Å². The van der Waals surface area contributed by atoms with Crippen molar-refractivity contribution in [2.75, 3.05) is 6.61 Å². The Kier molecular flexibility index (Phi) is 3.74. The predicted octanol–water partition coefficient (Wildman–Crippen LogP) is 1.71. The number of aliphatic hydroxyl groups is 1. The lowest BCUT2D eigenvalue weighted by atomic mass is 10.1. The summed E-state index contributed by atoms with van der Waals surface area (Å²) in [7, 11) is 0. The van der Waals surface area contributed by atoms with E-state index in [1.54, 1.807) is 0 Å². The van der Waals surface area contributed by atoms with Gasteiger partial charge in [0.05, 0.1) is 0 Å². The fourth-order valence-electron chi connectivity index (χ4n) is 1.21. The van der Waals surface area contributed by atoms with Gasteiger partial charge in [0.1, 0.15) is 0 Å². The summed E-state index contributed by atoms with van der Waals surface area (Å²) in [6, 6.07) is 4.06. The Morgan fingerprint density at radius 2 is 2.25 bits per heavy atom. The van der Waals surface area contributed by atoms with Crippen LogP contribution in [0.2, 0.25) is 0 Å². The molecule has 0 unspecified atom stereocenters. The van der Waals surface area contributed by atoms with Crippen LogP contribution in [0, 0.1) is 6.92 Å². The molecule has 12 heavy (non-hydrogen) atoms. The number of hydrogen-bond donors (Lipinski definition) is 1. The third-order valence-electron chi connectivity index (χ3n) is 1.97. The van der Waals surface area contributed by atoms with Gasteiger partial charge in [-0.1, -0.05) is 6.07 Å². The van der Waals surface area contributed by atoms with Crippen molar-refractivity contribution in [1.29, 1.82) is 0 Å². The molecule has 1 rings (SSSR count). The molecule has 0 aliphatic heterocycles. The fourth-order valence-corrected chi connectivity index (χ4v) is 1.21. The van der Waals surface area contributed by atoms with Crippen LogP contribution < -0.4 is 0 Å². The minimum absolute atomic E-state index is 0.291. The Labute approximate surface area is 73.3 Å². The van der Waals surface area contributed by atoms with Gasteiger partial charge in [-0.15, -0.1) is 0 Å². The fraction of sp³-hybridized carbons (Fsp3) is 0.500. The molecular formula is C10H15NO. The smallest absolute Gasteiger partial charge is 0.0431 e. The van der Waals surface area contributed by atoms with Crippen molar-refractivity contribution in [2.45, 2.75) is 26.2 Å². The second-order valence-corrected chi connectivity index (χ2v) is 2.93. The van der Waals surface area contributed by atoms with E-state index in [1.165, 1.54) is 5.56 Å². The van der Waals surface area contributed by atoms with Crippen LogP contribution in [0.25, 0.3) is 0 Å². The highest BCUT2D eigenvalue weighted by molar-refractivity contribution is 5.18. The summed E-state index contributed by atoms with van der Waals surface area (Å²) in [5.74, 6) is 0. The summed E-state index contributed by atoms with van der Waals surface area (Å²) in [5.41, 5.74) is 2.40. The first-order valence-corrected chi connectivity index (χ1v) is 4.36. The molecule has 0 saturated carbocycles. The van der Waals surface area contributed by atoms with E-state index in [0.29, 0.717) is 6.61 Å². The van der Waals surface area contributed by atoms with Crippen molar-refractivity contribution in [2.24, 2.45) is 0 Å². The van der Waals surface area contributed by atoms with E-state index >= 15 is 0 Å². The minimum Gasteiger partial charge on any atom is -0.396 e. The van der Waals surface area contributed by atoms with Crippen molar-refractivity contribution in [3.63, 3.8) is 0 Å². The number of nitrogens with zero attached hydrogens (tertiary/aromatic N) is 1. The summed E-state index contributed by atoms with van der Waals surface area (Å²) in [4.78, 5) is 4.20. The van der Waals surface area contributed by atoms with Crippen molar-refractivity contribution in [3.05, 3.63) is 29.6 Å². The van der Waals surface area contributed by atoms with Crippen LogP contribution in [0.15, 0.2) is 18.3 Å². The lowest BCUT2D eigenvalue weighted by Crippen LogP contribution is -1.93. The van der Waals surface area contributed by atoms with E-state index < -0.39 is 0 Å². The van der Waals surface area contributed by atoms with Crippen LogP contribution in [0.5, 0.6) is 0 Å². The molecule has 0 atom stereocenters. The van der Waals surface area contributed by atoms with Crippen molar-refractivity contribution in [1.82, 2.24) is 4.98 Å². The summed E-state index contributed by atoms with van der Waals surface area (Å²) in [5, 5.41) is 8.60. The number of unbranched alkanes of at least 4 members (excludes halogenated alkanes) is 1. The van der Waals surface area contributed by atoms with Gasteiger partial charge in [0.25, 0.3) is 0 Å². The maximum Gasteiger partial charge on any atom is 0.0431 e.